The fourth-order valence-corrected chi connectivity index (χ4v) is 2.53. The molecule has 0 spiro atoms. The molecule has 25 heavy (non-hydrogen) atoms. The third kappa shape index (κ3) is 5.70. The molecular formula is C17H19N3O4S. The van der Waals surface area contributed by atoms with Crippen molar-refractivity contribution in [1.82, 2.24) is 5.48 Å². The average Bonchev–Trinajstić information content (AvgIpc) is 2.51. The third-order valence-electron chi connectivity index (χ3n) is 3.18. The van der Waals surface area contributed by atoms with Crippen molar-refractivity contribution in [2.24, 2.45) is 10.7 Å². The fraction of sp³-hybridized carbons (Fsp3) is 0.176. The smallest absolute Gasteiger partial charge is 0.285 e. The van der Waals surface area contributed by atoms with Crippen LogP contribution in [0.1, 0.15) is 21.5 Å². The second kappa shape index (κ2) is 7.45. The predicted molar refractivity (Wildman–Crippen MR) is 96.4 cm³/mol. The summed E-state index contributed by atoms with van der Waals surface area (Å²) in [5.74, 6) is -1.07. The summed E-state index contributed by atoms with van der Waals surface area (Å²) in [6, 6.07) is 13.0. The number of nitrogens with one attached hydrogen (secondary N) is 1. The Kier molecular flexibility index (Phi) is 5.55. The van der Waals surface area contributed by atoms with Gasteiger partial charge in [0, 0.05) is 5.56 Å². The van der Waals surface area contributed by atoms with E-state index < -0.39 is 22.0 Å². The van der Waals surface area contributed by atoms with Gasteiger partial charge in [0.15, 0.2) is 0 Å². The zero-order valence-electron chi connectivity index (χ0n) is 14.1. The van der Waals surface area contributed by atoms with Crippen LogP contribution in [0.5, 0.6) is 0 Å². The summed E-state index contributed by atoms with van der Waals surface area (Å²) in [7, 11) is -3.75. The molecule has 0 unspecified atom stereocenters. The molecule has 2 aromatic carbocycles. The Hall–Kier alpha value is -2.71. The number of rotatable bonds is 4. The molecule has 0 heterocycles. The molecule has 7 nitrogen and oxygen atoms in total. The van der Waals surface area contributed by atoms with E-state index in [9.17, 15) is 13.2 Å². The highest BCUT2D eigenvalue weighted by atomic mass is 32.2. The highest BCUT2D eigenvalue weighted by Gasteiger charge is 2.09. The van der Waals surface area contributed by atoms with Gasteiger partial charge < -0.3 is 5.73 Å². The Morgan fingerprint density at radius 1 is 1.08 bits per heavy atom. The summed E-state index contributed by atoms with van der Waals surface area (Å²) >= 11 is 0. The van der Waals surface area contributed by atoms with Crippen molar-refractivity contribution < 1.29 is 17.5 Å². The van der Waals surface area contributed by atoms with Crippen LogP contribution >= 0.6 is 0 Å². The number of aliphatic imine (C=N–C) groups is 1. The molecule has 0 atom stereocenters. The van der Waals surface area contributed by atoms with E-state index in [2.05, 4.69) is 15.3 Å². The van der Waals surface area contributed by atoms with Crippen LogP contribution in [0.25, 0.3) is 11.1 Å². The first-order valence-corrected chi connectivity index (χ1v) is 9.17. The highest BCUT2D eigenvalue weighted by molar-refractivity contribution is 7.85. The van der Waals surface area contributed by atoms with Crippen molar-refractivity contribution in [3.8, 4) is 11.1 Å². The summed E-state index contributed by atoms with van der Waals surface area (Å²) in [5.41, 5.74) is 11.8. The number of hydrogen-bond acceptors (Lipinski definition) is 4. The molecule has 2 rings (SSSR count). The summed E-state index contributed by atoms with van der Waals surface area (Å²) in [6.07, 6.45) is 0.836. The van der Waals surface area contributed by atoms with Crippen LogP contribution in [0.4, 0.5) is 0 Å². The summed E-state index contributed by atoms with van der Waals surface area (Å²) in [6.45, 7) is 4.01. The Bertz CT molecular complexity index is 916. The van der Waals surface area contributed by atoms with Crippen molar-refractivity contribution in [3.63, 3.8) is 0 Å². The van der Waals surface area contributed by atoms with Crippen LogP contribution in [-0.2, 0) is 14.4 Å². The number of hydroxylamine groups is 1. The molecule has 0 saturated carbocycles. The molecule has 0 aliphatic carbocycles. The third-order valence-corrected chi connectivity index (χ3v) is 3.57. The van der Waals surface area contributed by atoms with Crippen LogP contribution in [0.3, 0.4) is 0 Å². The number of carbonyl (C=O) groups excluding carboxylic acids is 1. The van der Waals surface area contributed by atoms with Gasteiger partial charge in [0.05, 0.1) is 6.26 Å². The SMILES string of the molecule is Cc1cc(C)cc(-c2cccc(C(=O)N=C(N)NOS(C)(=O)=O)c2)c1. The van der Waals surface area contributed by atoms with Crippen LogP contribution in [0.15, 0.2) is 47.5 Å². The van der Waals surface area contributed by atoms with E-state index in [1.165, 1.54) is 0 Å². The number of benzene rings is 2. The predicted octanol–water partition coefficient (Wildman–Crippen LogP) is 1.91. The maximum atomic E-state index is 12.2. The minimum atomic E-state index is -3.75. The highest BCUT2D eigenvalue weighted by Crippen LogP contribution is 2.23. The molecule has 0 bridgehead atoms. The van der Waals surface area contributed by atoms with Crippen LogP contribution in [0.2, 0.25) is 0 Å². The van der Waals surface area contributed by atoms with Gasteiger partial charge in [-0.1, -0.05) is 41.5 Å². The van der Waals surface area contributed by atoms with E-state index in [1.54, 1.807) is 18.2 Å². The lowest BCUT2D eigenvalue weighted by Gasteiger charge is -2.07. The van der Waals surface area contributed by atoms with Crippen molar-refractivity contribution >= 4 is 22.0 Å². The lowest BCUT2D eigenvalue weighted by Crippen LogP contribution is -2.34. The molecule has 0 saturated heterocycles. The maximum Gasteiger partial charge on any atom is 0.285 e. The van der Waals surface area contributed by atoms with Crippen LogP contribution in [-0.4, -0.2) is 26.5 Å². The van der Waals surface area contributed by atoms with Gasteiger partial charge in [-0.2, -0.15) is 13.4 Å². The minimum Gasteiger partial charge on any atom is -0.368 e. The molecule has 132 valence electrons. The zero-order valence-corrected chi connectivity index (χ0v) is 14.9. The number of amides is 1. The zero-order chi connectivity index (χ0) is 18.6. The molecule has 0 aromatic heterocycles. The Morgan fingerprint density at radius 3 is 2.32 bits per heavy atom. The molecule has 0 fully saturated rings. The van der Waals surface area contributed by atoms with Gasteiger partial charge in [-0.05, 0) is 37.1 Å². The monoisotopic (exact) mass is 361 g/mol. The molecule has 0 aliphatic rings. The van der Waals surface area contributed by atoms with Crippen LogP contribution in [0, 0.1) is 13.8 Å². The van der Waals surface area contributed by atoms with Crippen molar-refractivity contribution in [2.75, 3.05) is 6.26 Å². The summed E-state index contributed by atoms with van der Waals surface area (Å²) in [4.78, 5) is 15.8. The van der Waals surface area contributed by atoms with Gasteiger partial charge >= 0.3 is 0 Å². The molecule has 2 aromatic rings. The molecule has 3 N–H and O–H groups in total. The Morgan fingerprint density at radius 2 is 1.72 bits per heavy atom. The van der Waals surface area contributed by atoms with Gasteiger partial charge in [-0.25, -0.2) is 5.48 Å². The second-order valence-corrected chi connectivity index (χ2v) is 7.22. The molecule has 0 aliphatic heterocycles. The minimum absolute atomic E-state index is 0.320. The van der Waals surface area contributed by atoms with Crippen molar-refractivity contribution in [2.45, 2.75) is 13.8 Å². The van der Waals surface area contributed by atoms with Gasteiger partial charge in [-0.3, -0.25) is 4.79 Å². The lowest BCUT2D eigenvalue weighted by atomic mass is 9.99. The lowest BCUT2D eigenvalue weighted by molar-refractivity contribution is 0.100. The van der Waals surface area contributed by atoms with E-state index in [0.29, 0.717) is 5.56 Å². The second-order valence-electron chi connectivity index (χ2n) is 5.65. The van der Waals surface area contributed by atoms with Gasteiger partial charge in [-0.15, -0.1) is 4.28 Å². The average molecular weight is 361 g/mol. The summed E-state index contributed by atoms with van der Waals surface area (Å²) in [5, 5.41) is 0. The largest absolute Gasteiger partial charge is 0.368 e. The Balaban J connectivity index is 2.24. The maximum absolute atomic E-state index is 12.2. The van der Waals surface area contributed by atoms with E-state index in [-0.39, 0.29) is 0 Å². The number of hydrogen-bond donors (Lipinski definition) is 2. The molecule has 1 amide bonds. The molecule has 0 radical (unpaired) electrons. The molecular weight excluding hydrogens is 342 g/mol. The molecule has 8 heteroatoms. The van der Waals surface area contributed by atoms with E-state index in [0.717, 1.165) is 28.5 Å². The van der Waals surface area contributed by atoms with Gasteiger partial charge in [0.2, 0.25) is 5.96 Å². The van der Waals surface area contributed by atoms with Crippen LogP contribution < -0.4 is 11.2 Å². The first-order valence-electron chi connectivity index (χ1n) is 7.36. The first-order chi connectivity index (χ1) is 11.6. The van der Waals surface area contributed by atoms with E-state index in [1.807, 2.05) is 37.5 Å². The number of nitrogens with two attached hydrogens (primary N) is 1. The topological polar surface area (TPSA) is 111 Å². The summed E-state index contributed by atoms with van der Waals surface area (Å²) < 4.78 is 26.0. The van der Waals surface area contributed by atoms with Gasteiger partial charge in [0.25, 0.3) is 16.0 Å². The normalized spacial score (nSPS) is 12.0. The van der Waals surface area contributed by atoms with E-state index in [4.69, 9.17) is 5.73 Å². The Labute approximate surface area is 146 Å². The quantitative estimate of drug-likeness (QED) is 0.489. The number of carbonyl (C=O) groups is 1. The van der Waals surface area contributed by atoms with Crippen molar-refractivity contribution in [3.05, 3.63) is 59.2 Å². The number of nitrogens with zero attached hydrogens (tertiary/aromatic N) is 1. The number of aryl methyl sites for hydroxylation is 2. The standard InChI is InChI=1S/C17H19N3O4S/c1-11-7-12(2)9-15(8-11)13-5-4-6-14(10-13)16(21)19-17(18)20-24-25(3,22)23/h4-10H,1-3H3,(H3,18,19,20,21). The van der Waals surface area contributed by atoms with Crippen molar-refractivity contribution in [1.29, 1.82) is 0 Å². The van der Waals surface area contributed by atoms with Gasteiger partial charge in [0.1, 0.15) is 0 Å². The first kappa shape index (κ1) is 18.6. The fourth-order valence-electron chi connectivity index (χ4n) is 2.29. The van der Waals surface area contributed by atoms with E-state index >= 15 is 0 Å². The number of guanidine groups is 1.